The van der Waals surface area contributed by atoms with Crippen molar-refractivity contribution in [3.63, 3.8) is 0 Å². The average molecular weight is 392 g/mol. The molecule has 0 atom stereocenters. The van der Waals surface area contributed by atoms with Gasteiger partial charge in [-0.25, -0.2) is 0 Å². The molecule has 0 spiro atoms. The molecule has 0 fully saturated rings. The third kappa shape index (κ3) is 6.17. The zero-order chi connectivity index (χ0) is 19.6. The number of methoxy groups -OCH3 is 1. The van der Waals surface area contributed by atoms with Crippen LogP contribution in [0.2, 0.25) is 0 Å². The molecule has 0 aliphatic carbocycles. The van der Waals surface area contributed by atoms with Crippen LogP contribution in [0.4, 0.5) is 0 Å². The minimum absolute atomic E-state index is 0.175. The van der Waals surface area contributed by atoms with Gasteiger partial charge in [-0.05, 0) is 35.4 Å². The Morgan fingerprint density at radius 2 is 1.36 bits per heavy atom. The van der Waals surface area contributed by atoms with Crippen molar-refractivity contribution in [1.82, 2.24) is 4.90 Å². The largest absolute Gasteiger partial charge is 0.497 e. The van der Waals surface area contributed by atoms with Gasteiger partial charge in [0, 0.05) is 30.2 Å². The summed E-state index contributed by atoms with van der Waals surface area (Å²) in [6.07, 6.45) is 0.510. The van der Waals surface area contributed by atoms with Gasteiger partial charge in [-0.15, -0.1) is 11.8 Å². The maximum Gasteiger partial charge on any atom is 0.224 e. The lowest BCUT2D eigenvalue weighted by Gasteiger charge is -2.23. The fourth-order valence-corrected chi connectivity index (χ4v) is 3.77. The topological polar surface area (TPSA) is 29.5 Å². The van der Waals surface area contributed by atoms with Crippen LogP contribution in [-0.4, -0.2) is 23.7 Å². The van der Waals surface area contributed by atoms with E-state index in [1.54, 1.807) is 18.9 Å². The summed E-state index contributed by atoms with van der Waals surface area (Å²) in [6, 6.07) is 28.3. The van der Waals surface area contributed by atoms with Crippen molar-refractivity contribution >= 4 is 17.7 Å². The first-order valence-corrected chi connectivity index (χ1v) is 10.4. The quantitative estimate of drug-likeness (QED) is 0.457. The second-order valence-corrected chi connectivity index (χ2v) is 7.66. The molecule has 1 amide bonds. The van der Waals surface area contributed by atoms with Crippen molar-refractivity contribution in [2.45, 2.75) is 24.4 Å². The highest BCUT2D eigenvalue weighted by Crippen LogP contribution is 2.22. The molecule has 3 aromatic carbocycles. The molecule has 0 saturated carbocycles. The molecule has 0 aliphatic rings. The van der Waals surface area contributed by atoms with Gasteiger partial charge in [0.15, 0.2) is 0 Å². The molecule has 0 unspecified atom stereocenters. The fourth-order valence-electron chi connectivity index (χ4n) is 2.93. The lowest BCUT2D eigenvalue weighted by Crippen LogP contribution is -2.30. The van der Waals surface area contributed by atoms with Gasteiger partial charge in [0.2, 0.25) is 5.91 Å². The van der Waals surface area contributed by atoms with Gasteiger partial charge in [0.1, 0.15) is 5.75 Å². The van der Waals surface area contributed by atoms with E-state index < -0.39 is 0 Å². The predicted octanol–water partition coefficient (Wildman–Crippen LogP) is 5.41. The predicted molar refractivity (Wildman–Crippen MR) is 115 cm³/mol. The Morgan fingerprint density at radius 1 is 0.821 bits per heavy atom. The smallest absolute Gasteiger partial charge is 0.224 e. The average Bonchev–Trinajstić information content (AvgIpc) is 2.75. The highest BCUT2D eigenvalue weighted by Gasteiger charge is 2.14. The van der Waals surface area contributed by atoms with Crippen LogP contribution < -0.4 is 4.74 Å². The van der Waals surface area contributed by atoms with Gasteiger partial charge in [-0.3, -0.25) is 4.79 Å². The molecule has 3 nitrogen and oxygen atoms in total. The highest BCUT2D eigenvalue weighted by molar-refractivity contribution is 7.99. The maximum absolute atomic E-state index is 12.9. The molecule has 0 N–H and O–H groups in total. The molecule has 0 bridgehead atoms. The van der Waals surface area contributed by atoms with Crippen LogP contribution in [-0.2, 0) is 17.9 Å². The van der Waals surface area contributed by atoms with Gasteiger partial charge in [0.25, 0.3) is 0 Å². The van der Waals surface area contributed by atoms with Crippen LogP contribution in [0.25, 0.3) is 0 Å². The summed E-state index contributed by atoms with van der Waals surface area (Å²) < 4.78 is 5.19. The summed E-state index contributed by atoms with van der Waals surface area (Å²) in [4.78, 5) is 16.0. The number of hydrogen-bond acceptors (Lipinski definition) is 3. The number of ether oxygens (including phenoxy) is 1. The molecule has 28 heavy (non-hydrogen) atoms. The summed E-state index contributed by atoms with van der Waals surface area (Å²) in [5.41, 5.74) is 2.30. The molecule has 4 heteroatoms. The summed E-state index contributed by atoms with van der Waals surface area (Å²) in [5, 5.41) is 0. The SMILES string of the molecule is COc1ccc(SCCC(=O)N(Cc2ccccc2)Cc2ccccc2)cc1. The van der Waals surface area contributed by atoms with Crippen LogP contribution in [0.3, 0.4) is 0 Å². The van der Waals surface area contributed by atoms with E-state index in [0.29, 0.717) is 19.5 Å². The molecule has 0 aromatic heterocycles. The van der Waals surface area contributed by atoms with Crippen molar-refractivity contribution in [3.05, 3.63) is 96.1 Å². The van der Waals surface area contributed by atoms with Crippen LogP contribution >= 0.6 is 11.8 Å². The van der Waals surface area contributed by atoms with Gasteiger partial charge in [0.05, 0.1) is 7.11 Å². The maximum atomic E-state index is 12.9. The standard InChI is InChI=1S/C24H25NO2S/c1-27-22-12-14-23(15-13-22)28-17-16-24(26)25(18-20-8-4-2-5-9-20)19-21-10-6-3-7-11-21/h2-15H,16-19H2,1H3. The fraction of sp³-hybridized carbons (Fsp3) is 0.208. The summed E-state index contributed by atoms with van der Waals surface area (Å²) >= 11 is 1.69. The number of carbonyl (C=O) groups is 1. The van der Waals surface area contributed by atoms with E-state index in [4.69, 9.17) is 4.74 Å². The second kappa shape index (κ2) is 10.6. The van der Waals surface area contributed by atoms with Crippen LogP contribution in [0.15, 0.2) is 89.8 Å². The summed E-state index contributed by atoms with van der Waals surface area (Å²) in [6.45, 7) is 1.25. The van der Waals surface area contributed by atoms with E-state index in [-0.39, 0.29) is 5.91 Å². The number of rotatable bonds is 9. The third-order valence-electron chi connectivity index (χ3n) is 4.43. The molecule has 3 aromatic rings. The minimum Gasteiger partial charge on any atom is -0.497 e. The summed E-state index contributed by atoms with van der Waals surface area (Å²) in [7, 11) is 1.66. The zero-order valence-electron chi connectivity index (χ0n) is 16.1. The monoisotopic (exact) mass is 391 g/mol. The van der Waals surface area contributed by atoms with Gasteiger partial charge in [-0.1, -0.05) is 60.7 Å². The van der Waals surface area contributed by atoms with Crippen LogP contribution in [0, 0.1) is 0 Å². The van der Waals surface area contributed by atoms with E-state index in [9.17, 15) is 4.79 Å². The first-order valence-electron chi connectivity index (χ1n) is 9.37. The highest BCUT2D eigenvalue weighted by atomic mass is 32.2. The third-order valence-corrected chi connectivity index (χ3v) is 5.44. The molecule has 3 rings (SSSR count). The van der Waals surface area contributed by atoms with E-state index in [0.717, 1.165) is 27.5 Å². The van der Waals surface area contributed by atoms with Crippen molar-refractivity contribution in [3.8, 4) is 5.75 Å². The van der Waals surface area contributed by atoms with Crippen LogP contribution in [0.5, 0.6) is 5.75 Å². The van der Waals surface area contributed by atoms with Gasteiger partial charge < -0.3 is 9.64 Å². The normalized spacial score (nSPS) is 10.5. The summed E-state index contributed by atoms with van der Waals surface area (Å²) in [5.74, 6) is 1.77. The Kier molecular flexibility index (Phi) is 7.56. The van der Waals surface area contributed by atoms with Crippen molar-refractivity contribution < 1.29 is 9.53 Å². The second-order valence-electron chi connectivity index (χ2n) is 6.49. The first kappa shape index (κ1) is 20.0. The Bertz CT molecular complexity index is 809. The Labute approximate surface area is 171 Å². The molecule has 0 heterocycles. The number of thioether (sulfide) groups is 1. The van der Waals surface area contributed by atoms with Crippen molar-refractivity contribution in [2.24, 2.45) is 0 Å². The number of nitrogens with zero attached hydrogens (tertiary/aromatic N) is 1. The number of amides is 1. The van der Waals surface area contributed by atoms with Crippen LogP contribution in [0.1, 0.15) is 17.5 Å². The minimum atomic E-state index is 0.175. The molecule has 0 saturated heterocycles. The Morgan fingerprint density at radius 3 is 1.86 bits per heavy atom. The Balaban J connectivity index is 1.60. The van der Waals surface area contributed by atoms with E-state index in [1.165, 1.54) is 0 Å². The van der Waals surface area contributed by atoms with Crippen molar-refractivity contribution in [1.29, 1.82) is 0 Å². The van der Waals surface area contributed by atoms with E-state index >= 15 is 0 Å². The Hall–Kier alpha value is -2.72. The molecule has 144 valence electrons. The molecular weight excluding hydrogens is 366 g/mol. The molecular formula is C24H25NO2S. The van der Waals surface area contributed by atoms with Crippen molar-refractivity contribution in [2.75, 3.05) is 12.9 Å². The van der Waals surface area contributed by atoms with Gasteiger partial charge in [-0.2, -0.15) is 0 Å². The van der Waals surface area contributed by atoms with E-state index in [1.807, 2.05) is 65.6 Å². The van der Waals surface area contributed by atoms with E-state index in [2.05, 4.69) is 24.3 Å². The molecule has 0 radical (unpaired) electrons. The molecule has 0 aliphatic heterocycles. The van der Waals surface area contributed by atoms with Gasteiger partial charge >= 0.3 is 0 Å². The lowest BCUT2D eigenvalue weighted by atomic mass is 10.1. The zero-order valence-corrected chi connectivity index (χ0v) is 16.9. The number of carbonyl (C=O) groups excluding carboxylic acids is 1. The first-order chi connectivity index (χ1) is 13.7. The lowest BCUT2D eigenvalue weighted by molar-refractivity contribution is -0.132. The number of benzene rings is 3. The number of hydrogen-bond donors (Lipinski definition) is 0.